The van der Waals surface area contributed by atoms with Crippen LogP contribution >= 0.6 is 33.9 Å². The number of nitro groups is 1. The minimum absolute atomic E-state index is 0.156. The van der Waals surface area contributed by atoms with Gasteiger partial charge in [0.1, 0.15) is 11.5 Å². The average Bonchev–Trinajstić information content (AvgIpc) is 2.75. The van der Waals surface area contributed by atoms with E-state index >= 15 is 0 Å². The van der Waals surface area contributed by atoms with Gasteiger partial charge in [-0.05, 0) is 34.7 Å². The van der Waals surface area contributed by atoms with Crippen LogP contribution in [0.25, 0.3) is 0 Å². The highest BCUT2D eigenvalue weighted by atomic mass is 127. The number of amides is 1. The SMILES string of the molecule is O=C(Nc1cc(F)ccc1[N+](=O)[O-])c1csc(I)c1. The van der Waals surface area contributed by atoms with Gasteiger partial charge in [0, 0.05) is 17.5 Å². The molecule has 19 heavy (non-hydrogen) atoms. The second-order valence-corrected chi connectivity index (χ2v) is 6.32. The summed E-state index contributed by atoms with van der Waals surface area (Å²) in [6.45, 7) is 0. The molecular weight excluding hydrogens is 386 g/mol. The number of benzene rings is 1. The summed E-state index contributed by atoms with van der Waals surface area (Å²) in [6.07, 6.45) is 0. The first kappa shape index (κ1) is 13.9. The predicted octanol–water partition coefficient (Wildman–Crippen LogP) is 3.65. The van der Waals surface area contributed by atoms with Crippen LogP contribution in [-0.2, 0) is 0 Å². The van der Waals surface area contributed by atoms with Gasteiger partial charge in [-0.2, -0.15) is 0 Å². The van der Waals surface area contributed by atoms with E-state index in [9.17, 15) is 19.3 Å². The smallest absolute Gasteiger partial charge is 0.292 e. The molecule has 8 heteroatoms. The number of nitrogens with zero attached hydrogens (tertiary/aromatic N) is 1. The number of rotatable bonds is 3. The summed E-state index contributed by atoms with van der Waals surface area (Å²) in [5.74, 6) is -1.16. The Morgan fingerprint density at radius 2 is 2.16 bits per heavy atom. The maximum absolute atomic E-state index is 13.1. The zero-order chi connectivity index (χ0) is 14.0. The average molecular weight is 392 g/mol. The lowest BCUT2D eigenvalue weighted by atomic mass is 10.2. The maximum atomic E-state index is 13.1. The van der Waals surface area contributed by atoms with Crippen molar-refractivity contribution in [2.75, 3.05) is 5.32 Å². The number of hydrogen-bond donors (Lipinski definition) is 1. The molecule has 0 unspecified atom stereocenters. The number of hydrogen-bond acceptors (Lipinski definition) is 4. The summed E-state index contributed by atoms with van der Waals surface area (Å²) in [5.41, 5.74) is -0.121. The van der Waals surface area contributed by atoms with Crippen molar-refractivity contribution in [1.82, 2.24) is 0 Å². The van der Waals surface area contributed by atoms with E-state index in [1.807, 2.05) is 0 Å². The largest absolute Gasteiger partial charge is 0.316 e. The highest BCUT2D eigenvalue weighted by molar-refractivity contribution is 14.1. The number of thiophene rings is 1. The molecule has 98 valence electrons. The summed E-state index contributed by atoms with van der Waals surface area (Å²) in [6, 6.07) is 4.56. The van der Waals surface area contributed by atoms with Gasteiger partial charge < -0.3 is 5.32 Å². The van der Waals surface area contributed by atoms with Crippen LogP contribution in [0.2, 0.25) is 0 Å². The van der Waals surface area contributed by atoms with Crippen LogP contribution in [0.15, 0.2) is 29.6 Å². The van der Waals surface area contributed by atoms with Crippen LogP contribution in [0, 0.1) is 18.8 Å². The van der Waals surface area contributed by atoms with Gasteiger partial charge in [0.2, 0.25) is 0 Å². The molecule has 2 rings (SSSR count). The fourth-order valence-corrected chi connectivity index (χ4v) is 2.72. The van der Waals surface area contributed by atoms with Gasteiger partial charge in [0.15, 0.2) is 0 Å². The lowest BCUT2D eigenvalue weighted by Crippen LogP contribution is -2.12. The van der Waals surface area contributed by atoms with Crippen molar-refractivity contribution < 1.29 is 14.1 Å². The molecule has 0 radical (unpaired) electrons. The molecule has 2 aromatic rings. The highest BCUT2D eigenvalue weighted by Crippen LogP contribution is 2.26. The van der Waals surface area contributed by atoms with Gasteiger partial charge in [0.05, 0.1) is 13.4 Å². The van der Waals surface area contributed by atoms with E-state index < -0.39 is 16.6 Å². The topological polar surface area (TPSA) is 72.2 Å². The molecule has 0 spiro atoms. The van der Waals surface area contributed by atoms with Crippen molar-refractivity contribution in [2.24, 2.45) is 0 Å². The Hall–Kier alpha value is -1.55. The summed E-state index contributed by atoms with van der Waals surface area (Å²) < 4.78 is 14.0. The van der Waals surface area contributed by atoms with E-state index in [2.05, 4.69) is 27.9 Å². The molecule has 0 fully saturated rings. The van der Waals surface area contributed by atoms with Crippen LogP contribution in [0.5, 0.6) is 0 Å². The van der Waals surface area contributed by atoms with Crippen LogP contribution in [0.3, 0.4) is 0 Å². The molecular formula is C11H6FIN2O3S. The van der Waals surface area contributed by atoms with E-state index in [1.165, 1.54) is 11.3 Å². The highest BCUT2D eigenvalue weighted by Gasteiger charge is 2.18. The zero-order valence-corrected chi connectivity index (χ0v) is 12.2. The van der Waals surface area contributed by atoms with Crippen molar-refractivity contribution in [1.29, 1.82) is 0 Å². The van der Waals surface area contributed by atoms with Crippen molar-refractivity contribution in [2.45, 2.75) is 0 Å². The van der Waals surface area contributed by atoms with Gasteiger partial charge in [-0.3, -0.25) is 14.9 Å². The number of carbonyl (C=O) groups excluding carboxylic acids is 1. The summed E-state index contributed by atoms with van der Waals surface area (Å²) in [4.78, 5) is 22.0. The van der Waals surface area contributed by atoms with E-state index in [0.717, 1.165) is 21.1 Å². The normalized spacial score (nSPS) is 10.2. The molecule has 0 atom stereocenters. The van der Waals surface area contributed by atoms with Gasteiger partial charge in [0.25, 0.3) is 11.6 Å². The Balaban J connectivity index is 2.30. The molecule has 0 saturated heterocycles. The molecule has 1 heterocycles. The Labute approximate surface area is 124 Å². The minimum Gasteiger partial charge on any atom is -0.316 e. The van der Waals surface area contributed by atoms with Gasteiger partial charge in [-0.1, -0.05) is 0 Å². The number of anilines is 1. The fourth-order valence-electron chi connectivity index (χ4n) is 1.39. The van der Waals surface area contributed by atoms with Gasteiger partial charge in [-0.25, -0.2) is 4.39 Å². The molecule has 0 aliphatic rings. The van der Waals surface area contributed by atoms with Gasteiger partial charge in [-0.15, -0.1) is 11.3 Å². The van der Waals surface area contributed by atoms with Crippen LogP contribution in [0.4, 0.5) is 15.8 Å². The zero-order valence-electron chi connectivity index (χ0n) is 9.22. The molecule has 0 aliphatic heterocycles. The second kappa shape index (κ2) is 5.61. The van der Waals surface area contributed by atoms with Gasteiger partial charge >= 0.3 is 0 Å². The number of halogens is 2. The number of nitro benzene ring substituents is 1. The summed E-state index contributed by atoms with van der Waals surface area (Å²) in [7, 11) is 0. The number of carbonyl (C=O) groups is 1. The van der Waals surface area contributed by atoms with E-state index in [0.29, 0.717) is 5.56 Å². The van der Waals surface area contributed by atoms with Crippen LogP contribution < -0.4 is 5.32 Å². The van der Waals surface area contributed by atoms with Crippen molar-refractivity contribution in [3.63, 3.8) is 0 Å². The molecule has 0 bridgehead atoms. The maximum Gasteiger partial charge on any atom is 0.292 e. The van der Waals surface area contributed by atoms with Crippen molar-refractivity contribution in [3.05, 3.63) is 54.0 Å². The lowest BCUT2D eigenvalue weighted by Gasteiger charge is -2.04. The second-order valence-electron chi connectivity index (χ2n) is 3.51. The first-order valence-corrected chi connectivity index (χ1v) is 6.92. The third kappa shape index (κ3) is 3.26. The van der Waals surface area contributed by atoms with Crippen molar-refractivity contribution in [3.8, 4) is 0 Å². The standard InChI is InChI=1S/C11H6FIN2O3S/c12-7-1-2-9(15(17)18)8(4-7)14-11(16)6-3-10(13)19-5-6/h1-5H,(H,14,16). The third-order valence-corrected chi connectivity index (χ3v) is 4.02. The Kier molecular flexibility index (Phi) is 4.10. The number of nitrogens with one attached hydrogen (secondary N) is 1. The van der Waals surface area contributed by atoms with E-state index in [1.54, 1.807) is 11.4 Å². The van der Waals surface area contributed by atoms with E-state index in [-0.39, 0.29) is 11.4 Å². The monoisotopic (exact) mass is 392 g/mol. The summed E-state index contributed by atoms with van der Waals surface area (Å²) in [5, 5.41) is 14.8. The van der Waals surface area contributed by atoms with Crippen molar-refractivity contribution >= 4 is 51.2 Å². The molecule has 1 amide bonds. The fraction of sp³-hybridized carbons (Fsp3) is 0. The Morgan fingerprint density at radius 1 is 1.42 bits per heavy atom. The van der Waals surface area contributed by atoms with Crippen LogP contribution in [-0.4, -0.2) is 10.8 Å². The Morgan fingerprint density at radius 3 is 2.74 bits per heavy atom. The molecule has 1 aromatic heterocycles. The summed E-state index contributed by atoms with van der Waals surface area (Å²) >= 11 is 3.43. The lowest BCUT2D eigenvalue weighted by molar-refractivity contribution is -0.384. The first-order chi connectivity index (χ1) is 8.97. The first-order valence-electron chi connectivity index (χ1n) is 4.96. The molecule has 5 nitrogen and oxygen atoms in total. The van der Waals surface area contributed by atoms with E-state index in [4.69, 9.17) is 0 Å². The predicted molar refractivity (Wildman–Crippen MR) is 78.0 cm³/mol. The third-order valence-electron chi connectivity index (χ3n) is 2.23. The quantitative estimate of drug-likeness (QED) is 0.493. The Bertz CT molecular complexity index is 659. The van der Waals surface area contributed by atoms with Crippen LogP contribution in [0.1, 0.15) is 10.4 Å². The molecule has 1 aromatic carbocycles. The molecule has 0 aliphatic carbocycles. The molecule has 0 saturated carbocycles. The molecule has 1 N–H and O–H groups in total. The minimum atomic E-state index is -0.674.